The van der Waals surface area contributed by atoms with Gasteiger partial charge < -0.3 is 5.32 Å². The maximum atomic E-state index is 11.4. The van der Waals surface area contributed by atoms with E-state index in [1.54, 1.807) is 12.1 Å². The highest BCUT2D eigenvalue weighted by atomic mass is 32.2. The van der Waals surface area contributed by atoms with Crippen molar-refractivity contribution in [3.05, 3.63) is 58.7 Å². The maximum Gasteiger partial charge on any atom is 0.238 e. The van der Waals surface area contributed by atoms with E-state index in [4.69, 9.17) is 5.14 Å². The Bertz CT molecular complexity index is 748. The summed E-state index contributed by atoms with van der Waals surface area (Å²) in [5.74, 6) is 0. The molecule has 0 aliphatic heterocycles. The molecule has 0 radical (unpaired) electrons. The summed E-state index contributed by atoms with van der Waals surface area (Å²) < 4.78 is 22.9. The molecule has 4 nitrogen and oxygen atoms in total. The first-order valence-corrected chi connectivity index (χ1v) is 8.26. The van der Waals surface area contributed by atoms with Gasteiger partial charge >= 0.3 is 0 Å². The molecule has 0 bridgehead atoms. The predicted octanol–water partition coefficient (Wildman–Crippen LogP) is 2.87. The second-order valence-corrected chi connectivity index (χ2v) is 6.81. The van der Waals surface area contributed by atoms with E-state index in [0.717, 1.165) is 11.3 Å². The third-order valence-electron chi connectivity index (χ3n) is 3.64. The standard InChI is InChI=1S/C16H20N2O2S/c1-11-5-4-6-12(2)15(11)10-18-16-9-14(21(17,19)20)8-7-13(16)3/h4-9,18H,10H2,1-3H3,(H2,17,19,20). The van der Waals surface area contributed by atoms with Crippen molar-refractivity contribution < 1.29 is 8.42 Å². The molecule has 5 heteroatoms. The predicted molar refractivity (Wildman–Crippen MR) is 85.8 cm³/mol. The lowest BCUT2D eigenvalue weighted by Gasteiger charge is -2.14. The average molecular weight is 304 g/mol. The molecule has 0 saturated heterocycles. The highest BCUT2D eigenvalue weighted by Crippen LogP contribution is 2.21. The highest BCUT2D eigenvalue weighted by molar-refractivity contribution is 7.89. The van der Waals surface area contributed by atoms with Crippen molar-refractivity contribution in [3.63, 3.8) is 0 Å². The number of nitrogens with two attached hydrogens (primary N) is 1. The van der Waals surface area contributed by atoms with E-state index >= 15 is 0 Å². The Balaban J connectivity index is 2.28. The number of aryl methyl sites for hydroxylation is 3. The van der Waals surface area contributed by atoms with Crippen molar-refractivity contribution in [2.24, 2.45) is 5.14 Å². The molecule has 2 aromatic rings. The van der Waals surface area contributed by atoms with Crippen LogP contribution in [-0.4, -0.2) is 8.42 Å². The van der Waals surface area contributed by atoms with Gasteiger partial charge in [0.2, 0.25) is 10.0 Å². The van der Waals surface area contributed by atoms with Crippen LogP contribution in [0.4, 0.5) is 5.69 Å². The second kappa shape index (κ2) is 5.87. The van der Waals surface area contributed by atoms with Crippen LogP contribution < -0.4 is 10.5 Å². The summed E-state index contributed by atoms with van der Waals surface area (Å²) in [6.07, 6.45) is 0. The molecule has 112 valence electrons. The van der Waals surface area contributed by atoms with Gasteiger partial charge in [0.05, 0.1) is 4.90 Å². The lowest BCUT2D eigenvalue weighted by atomic mass is 10.0. The largest absolute Gasteiger partial charge is 0.381 e. The molecule has 0 saturated carbocycles. The first kappa shape index (κ1) is 15.5. The quantitative estimate of drug-likeness (QED) is 0.912. The van der Waals surface area contributed by atoms with Crippen LogP contribution in [0.1, 0.15) is 22.3 Å². The summed E-state index contributed by atoms with van der Waals surface area (Å²) in [4.78, 5) is 0.122. The third kappa shape index (κ3) is 3.62. The fourth-order valence-electron chi connectivity index (χ4n) is 2.28. The SMILES string of the molecule is Cc1ccc(S(N)(=O)=O)cc1NCc1c(C)cccc1C. The van der Waals surface area contributed by atoms with E-state index < -0.39 is 10.0 Å². The van der Waals surface area contributed by atoms with Crippen LogP contribution in [0.15, 0.2) is 41.3 Å². The number of anilines is 1. The normalized spacial score (nSPS) is 11.4. The Morgan fingerprint density at radius 3 is 2.19 bits per heavy atom. The van der Waals surface area contributed by atoms with Crippen LogP contribution in [0.3, 0.4) is 0 Å². The van der Waals surface area contributed by atoms with Crippen LogP contribution in [-0.2, 0) is 16.6 Å². The van der Waals surface area contributed by atoms with Gasteiger partial charge in [0.1, 0.15) is 0 Å². The van der Waals surface area contributed by atoms with E-state index in [-0.39, 0.29) is 4.90 Å². The third-order valence-corrected chi connectivity index (χ3v) is 4.55. The zero-order chi connectivity index (χ0) is 15.6. The van der Waals surface area contributed by atoms with E-state index in [9.17, 15) is 8.42 Å². The van der Waals surface area contributed by atoms with Crippen molar-refractivity contribution >= 4 is 15.7 Å². The molecule has 0 unspecified atom stereocenters. The number of sulfonamides is 1. The minimum Gasteiger partial charge on any atom is -0.381 e. The topological polar surface area (TPSA) is 72.2 Å². The zero-order valence-corrected chi connectivity index (χ0v) is 13.3. The lowest BCUT2D eigenvalue weighted by Crippen LogP contribution is -2.13. The van der Waals surface area contributed by atoms with Crippen molar-refractivity contribution in [2.75, 3.05) is 5.32 Å². The molecule has 3 N–H and O–H groups in total. The van der Waals surface area contributed by atoms with Gasteiger partial charge in [-0.15, -0.1) is 0 Å². The van der Waals surface area contributed by atoms with Gasteiger partial charge in [-0.1, -0.05) is 24.3 Å². The first-order valence-electron chi connectivity index (χ1n) is 6.71. The number of primary sulfonamides is 1. The Labute approximate surface area is 126 Å². The summed E-state index contributed by atoms with van der Waals surface area (Å²) in [6.45, 7) is 6.71. The van der Waals surface area contributed by atoms with Crippen molar-refractivity contribution in [1.29, 1.82) is 0 Å². The molecule has 0 aliphatic rings. The zero-order valence-electron chi connectivity index (χ0n) is 12.5. The fraction of sp³-hybridized carbons (Fsp3) is 0.250. The molecule has 0 aliphatic carbocycles. The van der Waals surface area contributed by atoms with Gasteiger partial charge in [0.15, 0.2) is 0 Å². The van der Waals surface area contributed by atoms with E-state index in [1.807, 2.05) is 13.0 Å². The van der Waals surface area contributed by atoms with Gasteiger partial charge in [-0.05, 0) is 55.2 Å². The monoisotopic (exact) mass is 304 g/mol. The molecule has 0 amide bonds. The molecule has 2 rings (SSSR count). The Morgan fingerprint density at radius 1 is 1.00 bits per heavy atom. The first-order chi connectivity index (χ1) is 9.79. The highest BCUT2D eigenvalue weighted by Gasteiger charge is 2.10. The molecule has 0 spiro atoms. The van der Waals surface area contributed by atoms with Gasteiger partial charge in [0, 0.05) is 12.2 Å². The van der Waals surface area contributed by atoms with Crippen LogP contribution >= 0.6 is 0 Å². The molecule has 0 aromatic heterocycles. The Morgan fingerprint density at radius 2 is 1.62 bits per heavy atom. The average Bonchev–Trinajstić information content (AvgIpc) is 2.38. The van der Waals surface area contributed by atoms with E-state index in [0.29, 0.717) is 6.54 Å². The van der Waals surface area contributed by atoms with Crippen molar-refractivity contribution in [3.8, 4) is 0 Å². The number of nitrogens with one attached hydrogen (secondary N) is 1. The maximum absolute atomic E-state index is 11.4. The van der Waals surface area contributed by atoms with Crippen LogP contribution in [0.25, 0.3) is 0 Å². The summed E-state index contributed by atoms with van der Waals surface area (Å²) in [5, 5.41) is 8.48. The van der Waals surface area contributed by atoms with Crippen molar-refractivity contribution in [2.45, 2.75) is 32.2 Å². The Hall–Kier alpha value is -1.85. The van der Waals surface area contributed by atoms with Gasteiger partial charge in [-0.2, -0.15) is 0 Å². The number of hydrogen-bond acceptors (Lipinski definition) is 3. The lowest BCUT2D eigenvalue weighted by molar-refractivity contribution is 0.598. The molecule has 0 fully saturated rings. The molecular formula is C16H20N2O2S. The smallest absolute Gasteiger partial charge is 0.238 e. The minimum absolute atomic E-state index is 0.122. The molecule has 21 heavy (non-hydrogen) atoms. The summed E-state index contributed by atoms with van der Waals surface area (Å²) in [6, 6.07) is 11.0. The fourth-order valence-corrected chi connectivity index (χ4v) is 2.82. The van der Waals surface area contributed by atoms with Gasteiger partial charge in [-0.3, -0.25) is 0 Å². The molecule has 2 aromatic carbocycles. The van der Waals surface area contributed by atoms with Gasteiger partial charge in [0.25, 0.3) is 0 Å². The van der Waals surface area contributed by atoms with Crippen LogP contribution in [0.2, 0.25) is 0 Å². The number of hydrogen-bond donors (Lipinski definition) is 2. The Kier molecular flexibility index (Phi) is 4.34. The van der Waals surface area contributed by atoms with Crippen molar-refractivity contribution in [1.82, 2.24) is 0 Å². The van der Waals surface area contributed by atoms with Crippen LogP contribution in [0, 0.1) is 20.8 Å². The van der Waals surface area contributed by atoms with Gasteiger partial charge in [-0.25, -0.2) is 13.6 Å². The van der Waals surface area contributed by atoms with E-state index in [2.05, 4.69) is 31.3 Å². The van der Waals surface area contributed by atoms with Crippen LogP contribution in [0.5, 0.6) is 0 Å². The second-order valence-electron chi connectivity index (χ2n) is 5.25. The molecule has 0 atom stereocenters. The molecule has 0 heterocycles. The minimum atomic E-state index is -3.68. The summed E-state index contributed by atoms with van der Waals surface area (Å²) in [5.41, 5.74) is 5.40. The summed E-state index contributed by atoms with van der Waals surface area (Å²) >= 11 is 0. The summed E-state index contributed by atoms with van der Waals surface area (Å²) in [7, 11) is -3.68. The number of rotatable bonds is 4. The van der Waals surface area contributed by atoms with E-state index in [1.165, 1.54) is 22.8 Å². The number of benzene rings is 2. The molecular weight excluding hydrogens is 284 g/mol.